The van der Waals surface area contributed by atoms with Crippen LogP contribution in [-0.4, -0.2) is 43.8 Å². The number of amides is 2. The highest BCUT2D eigenvalue weighted by Gasteiger charge is 2.35. The molecule has 0 spiro atoms. The molecule has 0 aliphatic heterocycles. The van der Waals surface area contributed by atoms with Crippen LogP contribution in [0.3, 0.4) is 0 Å². The van der Waals surface area contributed by atoms with Gasteiger partial charge in [0.2, 0.25) is 11.8 Å². The summed E-state index contributed by atoms with van der Waals surface area (Å²) >= 11 is 6.56. The van der Waals surface area contributed by atoms with Crippen molar-refractivity contribution in [1.82, 2.24) is 10.2 Å². The monoisotopic (exact) mass is 645 g/mol. The highest BCUT2D eigenvalue weighted by molar-refractivity contribution is 7.92. The zero-order valence-electron chi connectivity index (χ0n) is 26.3. The Morgan fingerprint density at radius 2 is 1.44 bits per heavy atom. The zero-order chi connectivity index (χ0) is 32.7. The van der Waals surface area contributed by atoms with Crippen molar-refractivity contribution in [3.05, 3.63) is 130 Å². The van der Waals surface area contributed by atoms with Crippen LogP contribution >= 0.6 is 11.6 Å². The van der Waals surface area contributed by atoms with Crippen molar-refractivity contribution in [2.75, 3.05) is 10.8 Å². The Labute approximate surface area is 271 Å². The molecule has 9 heteroatoms. The largest absolute Gasteiger partial charge is 0.352 e. The van der Waals surface area contributed by atoms with E-state index in [-0.39, 0.29) is 29.8 Å². The molecule has 0 bridgehead atoms. The predicted molar refractivity (Wildman–Crippen MR) is 181 cm³/mol. The number of halogens is 1. The van der Waals surface area contributed by atoms with E-state index in [0.717, 1.165) is 21.0 Å². The summed E-state index contributed by atoms with van der Waals surface area (Å²) in [6.07, 6.45) is 0.226. The van der Waals surface area contributed by atoms with Crippen LogP contribution in [0, 0.1) is 20.8 Å². The van der Waals surface area contributed by atoms with Gasteiger partial charge in [-0.3, -0.25) is 13.9 Å². The summed E-state index contributed by atoms with van der Waals surface area (Å²) in [6, 6.07) is 27.5. The van der Waals surface area contributed by atoms with E-state index < -0.39 is 28.5 Å². The van der Waals surface area contributed by atoms with Crippen molar-refractivity contribution in [3.63, 3.8) is 0 Å². The maximum Gasteiger partial charge on any atom is 0.264 e. The van der Waals surface area contributed by atoms with Gasteiger partial charge < -0.3 is 10.2 Å². The molecule has 4 rings (SSSR count). The summed E-state index contributed by atoms with van der Waals surface area (Å²) in [6.45, 7) is 8.76. The van der Waals surface area contributed by atoms with Gasteiger partial charge in [-0.05, 0) is 81.1 Å². The van der Waals surface area contributed by atoms with Gasteiger partial charge in [0.05, 0.1) is 10.6 Å². The molecular formula is C36H40ClN3O4S. The lowest BCUT2D eigenvalue weighted by Crippen LogP contribution is -2.54. The van der Waals surface area contributed by atoms with E-state index in [9.17, 15) is 18.0 Å². The van der Waals surface area contributed by atoms with Crippen molar-refractivity contribution in [2.24, 2.45) is 0 Å². The van der Waals surface area contributed by atoms with Crippen LogP contribution in [0.2, 0.25) is 5.02 Å². The van der Waals surface area contributed by atoms with E-state index in [1.165, 1.54) is 4.90 Å². The highest BCUT2D eigenvalue weighted by atomic mass is 35.5. The van der Waals surface area contributed by atoms with Gasteiger partial charge in [-0.1, -0.05) is 90.0 Å². The topological polar surface area (TPSA) is 86.8 Å². The highest BCUT2D eigenvalue weighted by Crippen LogP contribution is 2.29. The molecule has 236 valence electrons. The molecular weight excluding hydrogens is 606 g/mol. The fourth-order valence-electron chi connectivity index (χ4n) is 5.08. The quantitative estimate of drug-likeness (QED) is 0.188. The Kier molecular flexibility index (Phi) is 11.1. The number of benzene rings is 4. The van der Waals surface area contributed by atoms with E-state index in [0.29, 0.717) is 21.8 Å². The van der Waals surface area contributed by atoms with Crippen molar-refractivity contribution in [2.45, 2.75) is 64.6 Å². The molecule has 0 heterocycles. The fourth-order valence-corrected chi connectivity index (χ4v) is 6.75. The number of anilines is 1. The Morgan fingerprint density at radius 1 is 0.822 bits per heavy atom. The minimum absolute atomic E-state index is 0.00669. The summed E-state index contributed by atoms with van der Waals surface area (Å²) in [7, 11) is -4.18. The third kappa shape index (κ3) is 8.53. The molecule has 4 aromatic rings. The Hall–Kier alpha value is -4.14. The number of hydrogen-bond acceptors (Lipinski definition) is 4. The minimum Gasteiger partial charge on any atom is -0.352 e. The van der Waals surface area contributed by atoms with Crippen LogP contribution < -0.4 is 9.62 Å². The normalized spacial score (nSPS) is 12.1. The first kappa shape index (κ1) is 33.7. The van der Waals surface area contributed by atoms with Gasteiger partial charge in [-0.15, -0.1) is 0 Å². The summed E-state index contributed by atoms with van der Waals surface area (Å²) < 4.78 is 29.7. The van der Waals surface area contributed by atoms with Gasteiger partial charge in [0.15, 0.2) is 0 Å². The number of nitrogens with zero attached hydrogens (tertiary/aromatic N) is 2. The maximum atomic E-state index is 14.6. The van der Waals surface area contributed by atoms with Crippen LogP contribution in [0.15, 0.2) is 102 Å². The first-order chi connectivity index (χ1) is 21.4. The third-order valence-corrected chi connectivity index (χ3v) is 9.66. The van der Waals surface area contributed by atoms with Gasteiger partial charge >= 0.3 is 0 Å². The molecule has 1 atom stereocenters. The van der Waals surface area contributed by atoms with Gasteiger partial charge in [-0.2, -0.15) is 0 Å². The van der Waals surface area contributed by atoms with Crippen LogP contribution in [-0.2, 0) is 32.6 Å². The molecule has 1 N–H and O–H groups in total. The molecule has 0 aliphatic carbocycles. The Morgan fingerprint density at radius 3 is 2.09 bits per heavy atom. The van der Waals surface area contributed by atoms with Gasteiger partial charge in [-0.25, -0.2) is 8.42 Å². The summed E-state index contributed by atoms with van der Waals surface area (Å²) in [4.78, 5) is 29.9. The SMILES string of the molecule is Cc1ccc(S(=O)(=O)N(CC(=O)N(Cc2ccccc2Cl)C(Cc2ccccc2)C(=O)NC(C)C)c2cc(C)ccc2C)cc1. The first-order valence-electron chi connectivity index (χ1n) is 14.9. The fraction of sp³-hybridized carbons (Fsp3) is 0.278. The van der Waals surface area contributed by atoms with Gasteiger partial charge in [0, 0.05) is 24.0 Å². The molecule has 4 aromatic carbocycles. The Balaban J connectivity index is 1.84. The van der Waals surface area contributed by atoms with E-state index in [4.69, 9.17) is 11.6 Å². The summed E-state index contributed by atoms with van der Waals surface area (Å²) in [5, 5.41) is 3.41. The van der Waals surface area contributed by atoms with Crippen LogP contribution in [0.5, 0.6) is 0 Å². The predicted octanol–water partition coefficient (Wildman–Crippen LogP) is 6.63. The van der Waals surface area contributed by atoms with Crippen molar-refractivity contribution in [1.29, 1.82) is 0 Å². The molecule has 1 unspecified atom stereocenters. The van der Waals surface area contributed by atoms with Crippen LogP contribution in [0.4, 0.5) is 5.69 Å². The van der Waals surface area contributed by atoms with Crippen molar-refractivity contribution in [3.8, 4) is 0 Å². The number of rotatable bonds is 12. The average molecular weight is 646 g/mol. The standard InChI is InChI=1S/C36H40ClN3O4S/c1-25(2)38-36(42)34(22-29-11-7-6-8-12-29)39(23-30-13-9-10-14-32(30)37)35(41)24-40(33-21-27(4)15-18-28(33)5)45(43,44)31-19-16-26(3)17-20-31/h6-21,25,34H,22-24H2,1-5H3,(H,38,42). The molecule has 0 radical (unpaired) electrons. The van der Waals surface area contributed by atoms with Crippen LogP contribution in [0.25, 0.3) is 0 Å². The molecule has 2 amide bonds. The molecule has 0 saturated carbocycles. The lowest BCUT2D eigenvalue weighted by atomic mass is 10.0. The first-order valence-corrected chi connectivity index (χ1v) is 16.7. The number of sulfonamides is 1. The molecule has 0 aliphatic rings. The second-order valence-corrected chi connectivity index (χ2v) is 13.9. The molecule has 0 aromatic heterocycles. The maximum absolute atomic E-state index is 14.6. The van der Waals surface area contributed by atoms with Gasteiger partial charge in [0.1, 0.15) is 12.6 Å². The number of nitrogens with one attached hydrogen (secondary N) is 1. The van der Waals surface area contributed by atoms with E-state index in [1.54, 1.807) is 48.5 Å². The van der Waals surface area contributed by atoms with Crippen LogP contribution in [0.1, 0.15) is 41.7 Å². The van der Waals surface area contributed by atoms with E-state index in [1.807, 2.05) is 83.1 Å². The van der Waals surface area contributed by atoms with Crippen molar-refractivity contribution >= 4 is 39.1 Å². The summed E-state index contributed by atoms with van der Waals surface area (Å²) in [5.41, 5.74) is 4.35. The summed E-state index contributed by atoms with van der Waals surface area (Å²) in [5.74, 6) is -0.875. The smallest absolute Gasteiger partial charge is 0.264 e. The minimum atomic E-state index is -4.18. The Bertz CT molecular complexity index is 1740. The zero-order valence-corrected chi connectivity index (χ0v) is 27.9. The lowest BCUT2D eigenvalue weighted by molar-refractivity contribution is -0.140. The van der Waals surface area contributed by atoms with Crippen molar-refractivity contribution < 1.29 is 18.0 Å². The second kappa shape index (κ2) is 14.8. The van der Waals surface area contributed by atoms with E-state index >= 15 is 0 Å². The number of carbonyl (C=O) groups is 2. The molecule has 7 nitrogen and oxygen atoms in total. The average Bonchev–Trinajstić information content (AvgIpc) is 3.00. The second-order valence-electron chi connectivity index (χ2n) is 11.6. The number of carbonyl (C=O) groups excluding carboxylic acids is 2. The third-order valence-electron chi connectivity index (χ3n) is 7.52. The van der Waals surface area contributed by atoms with Gasteiger partial charge in [0.25, 0.3) is 10.0 Å². The number of aryl methyl sites for hydroxylation is 3. The van der Waals surface area contributed by atoms with E-state index in [2.05, 4.69) is 5.32 Å². The number of hydrogen-bond donors (Lipinski definition) is 1. The molecule has 45 heavy (non-hydrogen) atoms. The lowest BCUT2D eigenvalue weighted by Gasteiger charge is -2.34. The molecule has 0 fully saturated rings. The molecule has 0 saturated heterocycles.